The monoisotopic (exact) mass is 431 g/mol. The predicted octanol–water partition coefficient (Wildman–Crippen LogP) is 2.38. The van der Waals surface area contributed by atoms with Crippen LogP contribution in [-0.4, -0.2) is 56.7 Å². The number of fused-ring (bicyclic) bond motifs is 2. The molecule has 2 fully saturated rings. The number of anilines is 1. The average Bonchev–Trinajstić information content (AvgIpc) is 3.13. The van der Waals surface area contributed by atoms with Gasteiger partial charge in [0.15, 0.2) is 23.1 Å². The summed E-state index contributed by atoms with van der Waals surface area (Å²) < 4.78 is 57.2. The van der Waals surface area contributed by atoms with E-state index in [4.69, 9.17) is 28.8 Å². The normalized spacial score (nSPS) is 34.6. The maximum Gasteiger partial charge on any atom is 0.475 e. The molecule has 4 heterocycles. The van der Waals surface area contributed by atoms with E-state index in [1.54, 1.807) is 20.8 Å². The number of hydrogen-bond acceptors (Lipinski definition) is 10. The molecular weight excluding hydrogens is 408 g/mol. The Morgan fingerprint density at radius 2 is 2.24 bits per heavy atom. The van der Waals surface area contributed by atoms with Crippen molar-refractivity contribution in [2.24, 2.45) is 0 Å². The summed E-state index contributed by atoms with van der Waals surface area (Å²) in [6.07, 6.45) is -2.20. The fraction of sp³-hybridized carbons (Fsp3) is 0.688. The van der Waals surface area contributed by atoms with Gasteiger partial charge in [-0.1, -0.05) is 0 Å². The SMILES string of the molecule is CCOc1nc(N)nc2c1ncn2C1OC2COP(=O)(OC(C)C)OC2[C@@]1(C)F. The van der Waals surface area contributed by atoms with Gasteiger partial charge in [-0.05, 0) is 27.7 Å². The molecule has 4 unspecified atom stereocenters. The number of aromatic nitrogens is 4. The molecule has 0 saturated carbocycles. The lowest BCUT2D eigenvalue weighted by Gasteiger charge is -2.34. The van der Waals surface area contributed by atoms with Crippen LogP contribution in [0.3, 0.4) is 0 Å². The predicted molar refractivity (Wildman–Crippen MR) is 99.0 cm³/mol. The number of rotatable bonds is 5. The summed E-state index contributed by atoms with van der Waals surface area (Å²) in [6.45, 7) is 6.66. The summed E-state index contributed by atoms with van der Waals surface area (Å²) in [6, 6.07) is 0. The van der Waals surface area contributed by atoms with Crippen molar-refractivity contribution >= 4 is 24.9 Å². The molecule has 2 aromatic heterocycles. The van der Waals surface area contributed by atoms with Gasteiger partial charge in [-0.15, -0.1) is 0 Å². The van der Waals surface area contributed by atoms with Gasteiger partial charge in [0, 0.05) is 0 Å². The Morgan fingerprint density at radius 3 is 2.93 bits per heavy atom. The first-order valence-electron chi connectivity index (χ1n) is 9.23. The number of nitrogens with two attached hydrogens (primary N) is 1. The van der Waals surface area contributed by atoms with Gasteiger partial charge < -0.3 is 15.2 Å². The van der Waals surface area contributed by atoms with Crippen LogP contribution in [0, 0.1) is 0 Å². The molecule has 2 N–H and O–H groups in total. The minimum Gasteiger partial charge on any atom is -0.476 e. The van der Waals surface area contributed by atoms with Gasteiger partial charge in [0.25, 0.3) is 0 Å². The van der Waals surface area contributed by atoms with Crippen LogP contribution in [0.15, 0.2) is 6.33 Å². The van der Waals surface area contributed by atoms with E-state index in [1.807, 2.05) is 0 Å². The highest BCUT2D eigenvalue weighted by Gasteiger charge is 2.61. The van der Waals surface area contributed by atoms with E-state index in [0.717, 1.165) is 0 Å². The highest BCUT2D eigenvalue weighted by molar-refractivity contribution is 7.48. The molecule has 0 radical (unpaired) electrons. The maximum absolute atomic E-state index is 15.9. The summed E-state index contributed by atoms with van der Waals surface area (Å²) in [7, 11) is -3.91. The number of hydrogen-bond donors (Lipinski definition) is 1. The lowest BCUT2D eigenvalue weighted by Crippen LogP contribution is -2.45. The van der Waals surface area contributed by atoms with Crippen LogP contribution in [0.2, 0.25) is 0 Å². The lowest BCUT2D eigenvalue weighted by atomic mass is 9.98. The van der Waals surface area contributed by atoms with Gasteiger partial charge in [-0.25, -0.2) is 13.9 Å². The van der Waals surface area contributed by atoms with Crippen molar-refractivity contribution in [2.45, 2.75) is 57.9 Å². The van der Waals surface area contributed by atoms with Gasteiger partial charge in [-0.2, -0.15) is 9.97 Å². The van der Waals surface area contributed by atoms with Crippen molar-refractivity contribution in [3.8, 4) is 5.88 Å². The Labute approximate surface area is 166 Å². The number of nitrogens with zero attached hydrogens (tertiary/aromatic N) is 4. The molecule has 0 aromatic carbocycles. The van der Waals surface area contributed by atoms with Gasteiger partial charge in [0.2, 0.25) is 11.8 Å². The minimum atomic E-state index is -3.91. The van der Waals surface area contributed by atoms with E-state index in [2.05, 4.69) is 15.0 Å². The largest absolute Gasteiger partial charge is 0.476 e. The van der Waals surface area contributed by atoms with Crippen molar-refractivity contribution < 1.29 is 32.0 Å². The second kappa shape index (κ2) is 7.13. The molecule has 2 aliphatic heterocycles. The Morgan fingerprint density at radius 1 is 1.48 bits per heavy atom. The topological polar surface area (TPSA) is 133 Å². The average molecular weight is 431 g/mol. The summed E-state index contributed by atoms with van der Waals surface area (Å²) in [5.41, 5.74) is 4.25. The number of imidazole rings is 1. The molecule has 2 saturated heterocycles. The first-order chi connectivity index (χ1) is 13.6. The summed E-state index contributed by atoms with van der Waals surface area (Å²) in [5, 5.41) is 0. The molecule has 160 valence electrons. The molecule has 5 atom stereocenters. The summed E-state index contributed by atoms with van der Waals surface area (Å²) >= 11 is 0. The summed E-state index contributed by atoms with van der Waals surface area (Å²) in [4.78, 5) is 12.4. The number of ether oxygens (including phenoxy) is 2. The van der Waals surface area contributed by atoms with Gasteiger partial charge in [0.05, 0.1) is 25.6 Å². The highest BCUT2D eigenvalue weighted by atomic mass is 31.2. The third kappa shape index (κ3) is 3.49. The van der Waals surface area contributed by atoms with Gasteiger partial charge >= 0.3 is 7.82 Å². The number of phosphoric acid groups is 1. The van der Waals surface area contributed by atoms with E-state index in [1.165, 1.54) is 17.8 Å². The number of nitrogen functional groups attached to an aromatic ring is 1. The van der Waals surface area contributed by atoms with Crippen LogP contribution in [0.1, 0.15) is 33.9 Å². The fourth-order valence-electron chi connectivity index (χ4n) is 3.47. The van der Waals surface area contributed by atoms with Gasteiger partial charge in [0.1, 0.15) is 12.2 Å². The standard InChI is InChI=1S/C16H23FN5O6P/c1-5-24-13-10-12(20-15(18)21-13)22(7-19-10)14-16(4,17)11-9(26-14)6-25-29(23,28-11)27-8(2)3/h7-9,11,14H,5-6H2,1-4H3,(H2,18,20,21)/t9?,11?,14?,16-,29?/m1/s1. The third-order valence-electron chi connectivity index (χ3n) is 4.60. The Hall–Kier alpha value is -1.85. The van der Waals surface area contributed by atoms with E-state index < -0.39 is 38.0 Å². The zero-order chi connectivity index (χ0) is 21.0. The number of phosphoric ester groups is 1. The second-order valence-corrected chi connectivity index (χ2v) is 8.82. The summed E-state index contributed by atoms with van der Waals surface area (Å²) in [5.74, 6) is 0.146. The van der Waals surface area contributed by atoms with E-state index >= 15 is 4.39 Å². The quantitative estimate of drug-likeness (QED) is 0.704. The highest BCUT2D eigenvalue weighted by Crippen LogP contribution is 2.60. The lowest BCUT2D eigenvalue weighted by molar-refractivity contribution is -0.0733. The molecule has 2 aliphatic rings. The minimum absolute atomic E-state index is 0.0481. The third-order valence-corrected chi connectivity index (χ3v) is 6.23. The zero-order valence-corrected chi connectivity index (χ0v) is 17.3. The molecule has 11 nitrogen and oxygen atoms in total. The molecule has 0 spiro atoms. The zero-order valence-electron chi connectivity index (χ0n) is 16.4. The first-order valence-corrected chi connectivity index (χ1v) is 10.7. The van der Waals surface area contributed by atoms with Gasteiger partial charge in [-0.3, -0.25) is 18.1 Å². The molecule has 2 aromatic rings. The van der Waals surface area contributed by atoms with Crippen molar-refractivity contribution in [3.05, 3.63) is 6.33 Å². The molecule has 0 bridgehead atoms. The van der Waals surface area contributed by atoms with Crippen molar-refractivity contribution in [1.82, 2.24) is 19.5 Å². The van der Waals surface area contributed by atoms with Crippen LogP contribution in [0.4, 0.5) is 10.3 Å². The Balaban J connectivity index is 1.70. The number of halogens is 1. The van der Waals surface area contributed by atoms with E-state index in [0.29, 0.717) is 12.1 Å². The van der Waals surface area contributed by atoms with Crippen LogP contribution in [0.5, 0.6) is 5.88 Å². The Kier molecular flexibility index (Phi) is 5.02. The van der Waals surface area contributed by atoms with E-state index in [9.17, 15) is 4.57 Å². The molecule has 0 amide bonds. The van der Waals surface area contributed by atoms with Crippen molar-refractivity contribution in [2.75, 3.05) is 18.9 Å². The maximum atomic E-state index is 15.9. The van der Waals surface area contributed by atoms with E-state index in [-0.39, 0.29) is 24.1 Å². The first kappa shape index (κ1) is 20.4. The van der Waals surface area contributed by atoms with Crippen molar-refractivity contribution in [1.29, 1.82) is 0 Å². The number of alkyl halides is 1. The Bertz CT molecular complexity index is 969. The van der Waals surface area contributed by atoms with Crippen LogP contribution < -0.4 is 10.5 Å². The van der Waals surface area contributed by atoms with Crippen molar-refractivity contribution in [3.63, 3.8) is 0 Å². The second-order valence-electron chi connectivity index (χ2n) is 7.25. The van der Waals surface area contributed by atoms with Crippen LogP contribution >= 0.6 is 7.82 Å². The molecule has 13 heteroatoms. The molecule has 4 rings (SSSR count). The molecule has 29 heavy (non-hydrogen) atoms. The smallest absolute Gasteiger partial charge is 0.475 e. The van der Waals surface area contributed by atoms with Crippen LogP contribution in [0.25, 0.3) is 11.2 Å². The molecular formula is C16H23FN5O6P. The molecule has 0 aliphatic carbocycles. The fourth-order valence-corrected chi connectivity index (χ4v) is 5.11. The van der Waals surface area contributed by atoms with Crippen LogP contribution in [-0.2, 0) is 22.9 Å².